The molecule has 0 amide bonds. The summed E-state index contributed by atoms with van der Waals surface area (Å²) in [5.74, 6) is 2.33. The van der Waals surface area contributed by atoms with Gasteiger partial charge in [-0.1, -0.05) is 6.92 Å². The van der Waals surface area contributed by atoms with Crippen molar-refractivity contribution in [3.8, 4) is 5.88 Å². The summed E-state index contributed by atoms with van der Waals surface area (Å²) in [5.41, 5.74) is 1.10. The second-order valence-electron chi connectivity index (χ2n) is 6.62. The molecule has 0 aromatic carbocycles. The lowest BCUT2D eigenvalue weighted by Gasteiger charge is -2.26. The molecular formula is C19H32N4O2. The average molecular weight is 348 g/mol. The molecule has 1 aliphatic carbocycles. The Morgan fingerprint density at radius 1 is 1.28 bits per heavy atom. The molecule has 1 fully saturated rings. The smallest absolute Gasteiger partial charge is 0.213 e. The Labute approximate surface area is 151 Å². The summed E-state index contributed by atoms with van der Waals surface area (Å²) in [4.78, 5) is 8.97. The van der Waals surface area contributed by atoms with Gasteiger partial charge < -0.3 is 20.1 Å². The molecule has 0 radical (unpaired) electrons. The van der Waals surface area contributed by atoms with Crippen molar-refractivity contribution in [2.45, 2.75) is 52.2 Å². The van der Waals surface area contributed by atoms with Crippen LogP contribution in [0.5, 0.6) is 5.88 Å². The van der Waals surface area contributed by atoms with Crippen molar-refractivity contribution in [3.63, 3.8) is 0 Å². The van der Waals surface area contributed by atoms with Crippen LogP contribution in [-0.2, 0) is 11.3 Å². The highest BCUT2D eigenvalue weighted by Crippen LogP contribution is 2.26. The molecule has 140 valence electrons. The fourth-order valence-corrected chi connectivity index (χ4v) is 2.91. The molecule has 1 aromatic rings. The second-order valence-corrected chi connectivity index (χ2v) is 6.62. The molecule has 25 heavy (non-hydrogen) atoms. The van der Waals surface area contributed by atoms with E-state index in [2.05, 4.69) is 34.5 Å². The number of hydrogen-bond acceptors (Lipinski definition) is 4. The summed E-state index contributed by atoms with van der Waals surface area (Å²) in [6, 6.07) is 3.98. The summed E-state index contributed by atoms with van der Waals surface area (Å²) in [7, 11) is 1.69. The predicted molar refractivity (Wildman–Crippen MR) is 101 cm³/mol. The van der Waals surface area contributed by atoms with Crippen LogP contribution in [0.25, 0.3) is 0 Å². The Kier molecular flexibility index (Phi) is 8.52. The van der Waals surface area contributed by atoms with Crippen LogP contribution in [0.15, 0.2) is 23.3 Å². The average Bonchev–Trinajstić information content (AvgIpc) is 2.62. The topological polar surface area (TPSA) is 67.8 Å². The van der Waals surface area contributed by atoms with Crippen LogP contribution in [-0.4, -0.2) is 43.9 Å². The maximum Gasteiger partial charge on any atom is 0.213 e. The van der Waals surface area contributed by atoms with E-state index < -0.39 is 0 Å². The Balaban J connectivity index is 1.89. The van der Waals surface area contributed by atoms with Gasteiger partial charge in [-0.25, -0.2) is 9.98 Å². The lowest BCUT2D eigenvalue weighted by molar-refractivity contribution is 0.130. The Bertz CT molecular complexity index is 528. The van der Waals surface area contributed by atoms with Crippen molar-refractivity contribution >= 4 is 5.96 Å². The maximum atomic E-state index is 6.07. The number of pyridine rings is 1. The summed E-state index contributed by atoms with van der Waals surface area (Å²) in [5, 5.41) is 6.48. The molecule has 1 heterocycles. The Hall–Kier alpha value is -1.82. The highest BCUT2D eigenvalue weighted by molar-refractivity contribution is 5.79. The lowest BCUT2D eigenvalue weighted by Crippen LogP contribution is -2.38. The molecule has 0 bridgehead atoms. The standard InChI is InChI=1S/C19H32N4O2/c1-4-20-19(22-11-12-24-3)23-14-16-9-10-21-18(13-16)25-17-7-5-15(2)6-8-17/h9-10,13,15,17H,4-8,11-12,14H2,1-3H3,(H2,20,22,23). The minimum absolute atomic E-state index is 0.301. The monoisotopic (exact) mass is 348 g/mol. The Morgan fingerprint density at radius 3 is 2.80 bits per heavy atom. The number of hydrogen-bond donors (Lipinski definition) is 2. The molecule has 1 saturated carbocycles. The quantitative estimate of drug-likeness (QED) is 0.429. The molecule has 6 nitrogen and oxygen atoms in total. The molecule has 2 N–H and O–H groups in total. The number of nitrogens with one attached hydrogen (secondary N) is 2. The summed E-state index contributed by atoms with van der Waals surface area (Å²) in [6.45, 7) is 7.16. The third-order valence-electron chi connectivity index (χ3n) is 4.41. The number of rotatable bonds is 8. The van der Waals surface area contributed by atoms with Crippen LogP contribution >= 0.6 is 0 Å². The highest BCUT2D eigenvalue weighted by atomic mass is 16.5. The van der Waals surface area contributed by atoms with Gasteiger partial charge in [-0.05, 0) is 50.2 Å². The van der Waals surface area contributed by atoms with Crippen LogP contribution < -0.4 is 15.4 Å². The first-order valence-electron chi connectivity index (χ1n) is 9.34. The SMILES string of the molecule is CCNC(=NCc1ccnc(OC2CCC(C)CC2)c1)NCCOC. The molecular weight excluding hydrogens is 316 g/mol. The highest BCUT2D eigenvalue weighted by Gasteiger charge is 2.19. The largest absolute Gasteiger partial charge is 0.474 e. The van der Waals surface area contributed by atoms with Gasteiger partial charge >= 0.3 is 0 Å². The second kappa shape index (κ2) is 10.9. The fourth-order valence-electron chi connectivity index (χ4n) is 2.91. The fraction of sp³-hybridized carbons (Fsp3) is 0.684. The molecule has 6 heteroatoms. The van der Waals surface area contributed by atoms with E-state index in [9.17, 15) is 0 Å². The molecule has 0 spiro atoms. The van der Waals surface area contributed by atoms with E-state index >= 15 is 0 Å². The first-order valence-corrected chi connectivity index (χ1v) is 9.34. The van der Waals surface area contributed by atoms with Gasteiger partial charge in [0.05, 0.1) is 13.2 Å². The minimum Gasteiger partial charge on any atom is -0.474 e. The van der Waals surface area contributed by atoms with Crippen LogP contribution in [0.3, 0.4) is 0 Å². The zero-order chi connectivity index (χ0) is 17.9. The molecule has 0 atom stereocenters. The van der Waals surface area contributed by atoms with E-state index in [0.717, 1.165) is 43.4 Å². The van der Waals surface area contributed by atoms with Crippen molar-refractivity contribution in [2.24, 2.45) is 10.9 Å². The van der Waals surface area contributed by atoms with Gasteiger partial charge in [0.15, 0.2) is 5.96 Å². The zero-order valence-electron chi connectivity index (χ0n) is 15.8. The van der Waals surface area contributed by atoms with Crippen molar-refractivity contribution in [1.82, 2.24) is 15.6 Å². The van der Waals surface area contributed by atoms with E-state index in [0.29, 0.717) is 25.1 Å². The Morgan fingerprint density at radius 2 is 2.08 bits per heavy atom. The van der Waals surface area contributed by atoms with E-state index in [-0.39, 0.29) is 0 Å². The summed E-state index contributed by atoms with van der Waals surface area (Å²) >= 11 is 0. The first-order chi connectivity index (χ1) is 12.2. The third-order valence-corrected chi connectivity index (χ3v) is 4.41. The van der Waals surface area contributed by atoms with Gasteiger partial charge in [0.2, 0.25) is 5.88 Å². The molecule has 0 saturated heterocycles. The summed E-state index contributed by atoms with van der Waals surface area (Å²) in [6.07, 6.45) is 6.84. The zero-order valence-corrected chi connectivity index (χ0v) is 15.8. The van der Waals surface area contributed by atoms with Crippen molar-refractivity contribution in [1.29, 1.82) is 0 Å². The normalized spacial score (nSPS) is 21.0. The molecule has 1 aromatic heterocycles. The maximum absolute atomic E-state index is 6.07. The first kappa shape index (κ1) is 19.5. The van der Waals surface area contributed by atoms with Crippen molar-refractivity contribution in [3.05, 3.63) is 23.9 Å². The number of aromatic nitrogens is 1. The van der Waals surface area contributed by atoms with Crippen LogP contribution in [0.4, 0.5) is 0 Å². The van der Waals surface area contributed by atoms with Gasteiger partial charge in [-0.3, -0.25) is 0 Å². The molecule has 1 aliphatic rings. The van der Waals surface area contributed by atoms with Gasteiger partial charge in [-0.15, -0.1) is 0 Å². The number of guanidine groups is 1. The number of nitrogens with zero attached hydrogens (tertiary/aromatic N) is 2. The van der Waals surface area contributed by atoms with Crippen LogP contribution in [0.1, 0.15) is 45.1 Å². The summed E-state index contributed by atoms with van der Waals surface area (Å²) < 4.78 is 11.1. The van der Waals surface area contributed by atoms with E-state index in [4.69, 9.17) is 9.47 Å². The van der Waals surface area contributed by atoms with E-state index in [1.165, 1.54) is 12.8 Å². The third kappa shape index (κ3) is 7.30. The number of aliphatic imine (C=N–C) groups is 1. The van der Waals surface area contributed by atoms with Crippen molar-refractivity contribution in [2.75, 3.05) is 26.8 Å². The van der Waals surface area contributed by atoms with E-state index in [1.54, 1.807) is 13.3 Å². The van der Waals surface area contributed by atoms with Crippen LogP contribution in [0, 0.1) is 5.92 Å². The van der Waals surface area contributed by atoms with Gasteiger partial charge in [0, 0.05) is 32.5 Å². The van der Waals surface area contributed by atoms with Gasteiger partial charge in [-0.2, -0.15) is 0 Å². The van der Waals surface area contributed by atoms with Crippen molar-refractivity contribution < 1.29 is 9.47 Å². The van der Waals surface area contributed by atoms with E-state index in [1.807, 2.05) is 12.1 Å². The number of ether oxygens (including phenoxy) is 2. The molecule has 2 rings (SSSR count). The van der Waals surface area contributed by atoms with Gasteiger partial charge in [0.1, 0.15) is 6.10 Å². The van der Waals surface area contributed by atoms with Crippen LogP contribution in [0.2, 0.25) is 0 Å². The minimum atomic E-state index is 0.301. The molecule has 0 aliphatic heterocycles. The lowest BCUT2D eigenvalue weighted by atomic mass is 9.89. The number of methoxy groups -OCH3 is 1. The predicted octanol–water partition coefficient (Wildman–Crippen LogP) is 2.74. The molecule has 0 unspecified atom stereocenters. The van der Waals surface area contributed by atoms with Gasteiger partial charge in [0.25, 0.3) is 0 Å².